The van der Waals surface area contributed by atoms with Crippen molar-refractivity contribution in [2.45, 2.75) is 0 Å². The molecule has 0 bridgehead atoms. The van der Waals surface area contributed by atoms with Gasteiger partial charge in [0.2, 0.25) is 0 Å². The van der Waals surface area contributed by atoms with Gasteiger partial charge < -0.3 is 14.8 Å². The summed E-state index contributed by atoms with van der Waals surface area (Å²) in [6, 6.07) is 12.4. The zero-order valence-electron chi connectivity index (χ0n) is 16.0. The van der Waals surface area contributed by atoms with Gasteiger partial charge in [-0.05, 0) is 46.3 Å². The minimum Gasteiger partial charge on any atom is -0.497 e. The third-order valence-corrected chi connectivity index (χ3v) is 4.94. The monoisotopic (exact) mass is 483 g/mol. The SMILES string of the molecule is COc1ccc(Oc2cc(NC(=O)c3nn4cccnc4c3Br)cc([N+](=O)[O-])c2)cc1. The smallest absolute Gasteiger partial charge is 0.277 e. The first-order valence-corrected chi connectivity index (χ1v) is 9.65. The topological polar surface area (TPSA) is 121 Å². The van der Waals surface area contributed by atoms with Crippen LogP contribution in [-0.2, 0) is 0 Å². The maximum atomic E-state index is 12.8. The molecule has 10 nitrogen and oxygen atoms in total. The Hall–Kier alpha value is -3.99. The quantitative estimate of drug-likeness (QED) is 0.317. The highest BCUT2D eigenvalue weighted by Gasteiger charge is 2.20. The maximum absolute atomic E-state index is 12.8. The molecule has 0 spiro atoms. The van der Waals surface area contributed by atoms with Crippen LogP contribution in [0.2, 0.25) is 0 Å². The van der Waals surface area contributed by atoms with E-state index >= 15 is 0 Å². The molecule has 0 fully saturated rings. The molecule has 0 unspecified atom stereocenters. The van der Waals surface area contributed by atoms with Crippen LogP contribution in [0, 0.1) is 10.1 Å². The number of hydrogen-bond acceptors (Lipinski definition) is 7. The number of hydrogen-bond donors (Lipinski definition) is 1. The highest BCUT2D eigenvalue weighted by Crippen LogP contribution is 2.31. The predicted molar refractivity (Wildman–Crippen MR) is 115 cm³/mol. The number of benzene rings is 2. The van der Waals surface area contributed by atoms with Crippen LogP contribution in [0.5, 0.6) is 17.2 Å². The van der Waals surface area contributed by atoms with Crippen LogP contribution in [-0.4, -0.2) is 32.5 Å². The van der Waals surface area contributed by atoms with Gasteiger partial charge in [0.25, 0.3) is 11.6 Å². The van der Waals surface area contributed by atoms with Crippen LogP contribution in [0.1, 0.15) is 10.5 Å². The summed E-state index contributed by atoms with van der Waals surface area (Å²) in [5, 5.41) is 18.2. The molecular formula is C20H14BrN5O5. The molecule has 4 rings (SSSR count). The van der Waals surface area contributed by atoms with Gasteiger partial charge in [0, 0.05) is 24.5 Å². The van der Waals surface area contributed by atoms with E-state index in [1.807, 2.05) is 0 Å². The van der Waals surface area contributed by atoms with Crippen molar-refractivity contribution in [3.05, 3.63) is 81.2 Å². The normalized spacial score (nSPS) is 10.6. The molecule has 11 heteroatoms. The Morgan fingerprint density at radius 2 is 1.90 bits per heavy atom. The van der Waals surface area contributed by atoms with Crippen LogP contribution >= 0.6 is 15.9 Å². The lowest BCUT2D eigenvalue weighted by Crippen LogP contribution is -2.13. The maximum Gasteiger partial charge on any atom is 0.277 e. The molecule has 0 saturated heterocycles. The molecule has 0 saturated carbocycles. The lowest BCUT2D eigenvalue weighted by molar-refractivity contribution is -0.384. The lowest BCUT2D eigenvalue weighted by atomic mass is 10.2. The fourth-order valence-electron chi connectivity index (χ4n) is 2.79. The summed E-state index contributed by atoms with van der Waals surface area (Å²) in [4.78, 5) is 27.7. The summed E-state index contributed by atoms with van der Waals surface area (Å²) in [6.07, 6.45) is 3.23. The minimum atomic E-state index is -0.568. The molecular weight excluding hydrogens is 470 g/mol. The number of rotatable bonds is 6. The summed E-state index contributed by atoms with van der Waals surface area (Å²) in [6.45, 7) is 0. The number of nitro benzene ring substituents is 1. The van der Waals surface area contributed by atoms with Gasteiger partial charge in [-0.3, -0.25) is 14.9 Å². The van der Waals surface area contributed by atoms with Gasteiger partial charge in [0.05, 0.1) is 28.3 Å². The number of amides is 1. The van der Waals surface area contributed by atoms with Crippen LogP contribution in [0.15, 0.2) is 65.4 Å². The molecule has 31 heavy (non-hydrogen) atoms. The number of nitrogens with one attached hydrogen (secondary N) is 1. The molecule has 0 aliphatic rings. The molecule has 0 radical (unpaired) electrons. The van der Waals surface area contributed by atoms with E-state index in [1.165, 1.54) is 22.7 Å². The van der Waals surface area contributed by atoms with Crippen molar-refractivity contribution in [1.29, 1.82) is 0 Å². The third kappa shape index (κ3) is 4.31. The zero-order chi connectivity index (χ0) is 22.0. The molecule has 156 valence electrons. The molecule has 0 aliphatic heterocycles. The Morgan fingerprint density at radius 3 is 2.58 bits per heavy atom. The molecule has 1 amide bonds. The molecule has 0 atom stereocenters. The number of non-ortho nitro benzene ring substituents is 1. The number of anilines is 1. The van der Waals surface area contributed by atoms with E-state index in [2.05, 4.69) is 31.3 Å². The first kappa shape index (κ1) is 20.3. The van der Waals surface area contributed by atoms with Crippen molar-refractivity contribution in [1.82, 2.24) is 14.6 Å². The number of carbonyl (C=O) groups is 1. The first-order chi connectivity index (χ1) is 14.9. The fraction of sp³-hybridized carbons (Fsp3) is 0.0500. The standard InChI is InChI=1S/C20H14BrN5O5/c1-30-14-3-5-15(6-4-14)31-16-10-12(9-13(11-16)26(28)29)23-20(27)18-17(21)19-22-7-2-8-25(19)24-18/h2-11H,1H3,(H,23,27). The second kappa shape index (κ2) is 8.40. The van der Waals surface area contributed by atoms with Crippen molar-refractivity contribution >= 4 is 38.9 Å². The van der Waals surface area contributed by atoms with Crippen molar-refractivity contribution in [3.8, 4) is 17.2 Å². The van der Waals surface area contributed by atoms with Crippen molar-refractivity contribution in [2.75, 3.05) is 12.4 Å². The summed E-state index contributed by atoms with van der Waals surface area (Å²) in [5.41, 5.74) is 0.495. The van der Waals surface area contributed by atoms with E-state index in [0.717, 1.165) is 0 Å². The van der Waals surface area contributed by atoms with Gasteiger partial charge >= 0.3 is 0 Å². The molecule has 1 N–H and O–H groups in total. The number of halogens is 1. The Bertz CT molecular complexity index is 1290. The van der Waals surface area contributed by atoms with Gasteiger partial charge in [0.15, 0.2) is 11.3 Å². The number of nitro groups is 1. The van der Waals surface area contributed by atoms with Gasteiger partial charge in [-0.2, -0.15) is 5.10 Å². The average molecular weight is 484 g/mol. The van der Waals surface area contributed by atoms with Gasteiger partial charge in [0.1, 0.15) is 17.2 Å². The summed E-state index contributed by atoms with van der Waals surface area (Å²) < 4.78 is 12.7. The Morgan fingerprint density at radius 1 is 1.16 bits per heavy atom. The Balaban J connectivity index is 1.62. The number of nitrogens with zero attached hydrogens (tertiary/aromatic N) is 4. The fourth-order valence-corrected chi connectivity index (χ4v) is 3.34. The number of fused-ring (bicyclic) bond motifs is 1. The highest BCUT2D eigenvalue weighted by molar-refractivity contribution is 9.10. The Kier molecular flexibility index (Phi) is 5.50. The predicted octanol–water partition coefficient (Wildman–Crippen LogP) is 4.45. The molecule has 2 aromatic carbocycles. The second-order valence-corrected chi connectivity index (χ2v) is 7.05. The number of aromatic nitrogens is 3. The summed E-state index contributed by atoms with van der Waals surface area (Å²) >= 11 is 3.32. The van der Waals surface area contributed by atoms with E-state index in [-0.39, 0.29) is 22.8 Å². The average Bonchev–Trinajstić information content (AvgIpc) is 3.11. The zero-order valence-corrected chi connectivity index (χ0v) is 17.6. The number of ether oxygens (including phenoxy) is 2. The molecule has 4 aromatic rings. The Labute approximate surface area is 183 Å². The second-order valence-electron chi connectivity index (χ2n) is 6.25. The largest absolute Gasteiger partial charge is 0.497 e. The number of methoxy groups -OCH3 is 1. The van der Waals surface area contributed by atoms with E-state index in [4.69, 9.17) is 9.47 Å². The van der Waals surface area contributed by atoms with Gasteiger partial charge in [-0.15, -0.1) is 0 Å². The molecule has 2 heterocycles. The lowest BCUT2D eigenvalue weighted by Gasteiger charge is -2.09. The van der Waals surface area contributed by atoms with E-state index < -0.39 is 10.8 Å². The van der Waals surface area contributed by atoms with Crippen LogP contribution in [0.3, 0.4) is 0 Å². The van der Waals surface area contributed by atoms with Crippen molar-refractivity contribution in [2.24, 2.45) is 0 Å². The summed E-state index contributed by atoms with van der Waals surface area (Å²) in [5.74, 6) is 0.721. The first-order valence-electron chi connectivity index (χ1n) is 8.86. The minimum absolute atomic E-state index is 0.0860. The van der Waals surface area contributed by atoms with E-state index in [1.54, 1.807) is 49.8 Å². The van der Waals surface area contributed by atoms with E-state index in [0.29, 0.717) is 21.6 Å². The van der Waals surface area contributed by atoms with Gasteiger partial charge in [-0.1, -0.05) is 0 Å². The molecule has 0 aliphatic carbocycles. The molecule has 2 aromatic heterocycles. The van der Waals surface area contributed by atoms with Gasteiger partial charge in [-0.25, -0.2) is 9.50 Å². The third-order valence-electron chi connectivity index (χ3n) is 4.21. The number of carbonyl (C=O) groups excluding carboxylic acids is 1. The van der Waals surface area contributed by atoms with Crippen LogP contribution < -0.4 is 14.8 Å². The van der Waals surface area contributed by atoms with Crippen molar-refractivity contribution < 1.29 is 19.2 Å². The van der Waals surface area contributed by atoms with E-state index in [9.17, 15) is 14.9 Å². The summed E-state index contributed by atoms with van der Waals surface area (Å²) in [7, 11) is 1.54. The van der Waals surface area contributed by atoms with Crippen LogP contribution in [0.4, 0.5) is 11.4 Å². The highest BCUT2D eigenvalue weighted by atomic mass is 79.9. The van der Waals surface area contributed by atoms with Crippen molar-refractivity contribution in [3.63, 3.8) is 0 Å². The van der Waals surface area contributed by atoms with Crippen LogP contribution in [0.25, 0.3) is 5.65 Å².